The Morgan fingerprint density at radius 2 is 1.95 bits per heavy atom. The van der Waals surface area contributed by atoms with E-state index in [0.717, 1.165) is 27.4 Å². The van der Waals surface area contributed by atoms with Crippen LogP contribution in [0.5, 0.6) is 0 Å². The molecule has 1 N–H and O–H groups in total. The Hall–Kier alpha value is -1.20. The molecular formula is C16H21BrN4. The van der Waals surface area contributed by atoms with Gasteiger partial charge in [0.2, 0.25) is 5.95 Å². The van der Waals surface area contributed by atoms with Crippen LogP contribution in [-0.2, 0) is 0 Å². The molecule has 0 unspecified atom stereocenters. The van der Waals surface area contributed by atoms with Crippen molar-refractivity contribution < 1.29 is 0 Å². The van der Waals surface area contributed by atoms with Crippen molar-refractivity contribution in [1.82, 2.24) is 14.9 Å². The molecule has 21 heavy (non-hydrogen) atoms. The molecule has 0 spiro atoms. The summed E-state index contributed by atoms with van der Waals surface area (Å²) in [4.78, 5) is 11.4. The molecule has 1 aromatic heterocycles. The number of fused-ring (bicyclic) bond motifs is 1. The van der Waals surface area contributed by atoms with Gasteiger partial charge < -0.3 is 10.2 Å². The number of benzene rings is 1. The molecule has 1 fully saturated rings. The summed E-state index contributed by atoms with van der Waals surface area (Å²) in [6.45, 7) is 0. The number of aromatic nitrogens is 2. The van der Waals surface area contributed by atoms with E-state index in [-0.39, 0.29) is 0 Å². The van der Waals surface area contributed by atoms with Gasteiger partial charge in [0.1, 0.15) is 0 Å². The van der Waals surface area contributed by atoms with Gasteiger partial charge in [0.25, 0.3) is 0 Å². The molecule has 3 rings (SSSR count). The van der Waals surface area contributed by atoms with Gasteiger partial charge in [-0.1, -0.05) is 15.9 Å². The average Bonchev–Trinajstić information content (AvgIpc) is 2.48. The van der Waals surface area contributed by atoms with E-state index >= 15 is 0 Å². The van der Waals surface area contributed by atoms with Crippen LogP contribution in [0.2, 0.25) is 0 Å². The lowest BCUT2D eigenvalue weighted by molar-refractivity contribution is 0.221. The van der Waals surface area contributed by atoms with Crippen molar-refractivity contribution in [2.75, 3.05) is 19.4 Å². The predicted octanol–water partition coefficient (Wildman–Crippen LogP) is 3.68. The Morgan fingerprint density at radius 1 is 1.19 bits per heavy atom. The SMILES string of the molecule is CN(C)C1CCC(Nc2ncc3cc(Br)ccc3n2)CC1. The maximum absolute atomic E-state index is 4.61. The lowest BCUT2D eigenvalue weighted by Crippen LogP contribution is -2.36. The van der Waals surface area contributed by atoms with E-state index in [1.165, 1.54) is 25.7 Å². The van der Waals surface area contributed by atoms with Gasteiger partial charge in [-0.25, -0.2) is 9.97 Å². The van der Waals surface area contributed by atoms with Crippen LogP contribution in [-0.4, -0.2) is 41.0 Å². The Morgan fingerprint density at radius 3 is 2.67 bits per heavy atom. The minimum atomic E-state index is 0.495. The highest BCUT2D eigenvalue weighted by molar-refractivity contribution is 9.10. The number of hydrogen-bond acceptors (Lipinski definition) is 4. The Labute approximate surface area is 134 Å². The minimum Gasteiger partial charge on any atom is -0.351 e. The Kier molecular flexibility index (Phi) is 4.40. The zero-order valence-corrected chi connectivity index (χ0v) is 14.1. The third-order valence-electron chi connectivity index (χ3n) is 4.30. The van der Waals surface area contributed by atoms with E-state index in [1.54, 1.807) is 0 Å². The van der Waals surface area contributed by atoms with E-state index in [9.17, 15) is 0 Å². The lowest BCUT2D eigenvalue weighted by atomic mass is 9.91. The fourth-order valence-electron chi connectivity index (χ4n) is 2.99. The fraction of sp³-hybridized carbons (Fsp3) is 0.500. The van der Waals surface area contributed by atoms with Gasteiger partial charge in [-0.15, -0.1) is 0 Å². The van der Waals surface area contributed by atoms with Crippen molar-refractivity contribution in [3.63, 3.8) is 0 Å². The molecule has 112 valence electrons. The number of nitrogens with zero attached hydrogens (tertiary/aromatic N) is 3. The zero-order valence-electron chi connectivity index (χ0n) is 12.5. The van der Waals surface area contributed by atoms with Crippen molar-refractivity contribution in [1.29, 1.82) is 0 Å². The third kappa shape index (κ3) is 3.52. The number of hydrogen-bond donors (Lipinski definition) is 1. The van der Waals surface area contributed by atoms with E-state index in [2.05, 4.69) is 50.2 Å². The molecule has 5 heteroatoms. The topological polar surface area (TPSA) is 41.0 Å². The highest BCUT2D eigenvalue weighted by Gasteiger charge is 2.22. The molecular weight excluding hydrogens is 328 g/mol. The first-order valence-corrected chi connectivity index (χ1v) is 8.26. The molecule has 1 aliphatic carbocycles. The summed E-state index contributed by atoms with van der Waals surface area (Å²) in [5.74, 6) is 0.748. The van der Waals surface area contributed by atoms with Crippen LogP contribution >= 0.6 is 15.9 Å². The van der Waals surface area contributed by atoms with Crippen LogP contribution in [0.15, 0.2) is 28.9 Å². The summed E-state index contributed by atoms with van der Waals surface area (Å²) in [6, 6.07) is 7.30. The van der Waals surface area contributed by atoms with E-state index < -0.39 is 0 Å². The fourth-order valence-corrected chi connectivity index (χ4v) is 3.37. The normalized spacial score (nSPS) is 22.7. The maximum atomic E-state index is 4.61. The van der Waals surface area contributed by atoms with Gasteiger partial charge in [0.05, 0.1) is 5.52 Å². The van der Waals surface area contributed by atoms with Gasteiger partial charge in [0.15, 0.2) is 0 Å². The second kappa shape index (κ2) is 6.28. The molecule has 0 radical (unpaired) electrons. The van der Waals surface area contributed by atoms with E-state index in [4.69, 9.17) is 0 Å². The molecule has 0 bridgehead atoms. The second-order valence-electron chi connectivity index (χ2n) is 6.01. The van der Waals surface area contributed by atoms with Crippen LogP contribution in [0.25, 0.3) is 10.9 Å². The predicted molar refractivity (Wildman–Crippen MR) is 90.6 cm³/mol. The molecule has 0 amide bonds. The van der Waals surface area contributed by atoms with Crippen molar-refractivity contribution >= 4 is 32.8 Å². The number of rotatable bonds is 3. The molecule has 1 saturated carbocycles. The zero-order chi connectivity index (χ0) is 14.8. The van der Waals surface area contributed by atoms with Gasteiger partial charge in [-0.3, -0.25) is 0 Å². The molecule has 1 aromatic carbocycles. The van der Waals surface area contributed by atoms with Crippen molar-refractivity contribution in [3.8, 4) is 0 Å². The number of anilines is 1. The first-order chi connectivity index (χ1) is 10.1. The van der Waals surface area contributed by atoms with Crippen LogP contribution in [0.4, 0.5) is 5.95 Å². The summed E-state index contributed by atoms with van der Waals surface area (Å²) in [6.07, 6.45) is 6.74. The Bertz CT molecular complexity index is 621. The van der Waals surface area contributed by atoms with E-state index in [1.807, 2.05) is 24.4 Å². The van der Waals surface area contributed by atoms with Crippen LogP contribution in [0.3, 0.4) is 0 Å². The standard InChI is InChI=1S/C16H21BrN4/c1-21(2)14-6-4-13(5-7-14)19-16-18-10-11-9-12(17)3-8-15(11)20-16/h3,8-10,13-14H,4-7H2,1-2H3,(H,18,19,20). The van der Waals surface area contributed by atoms with Crippen molar-refractivity contribution in [2.45, 2.75) is 37.8 Å². The summed E-state index contributed by atoms with van der Waals surface area (Å²) >= 11 is 3.47. The molecule has 4 nitrogen and oxygen atoms in total. The summed E-state index contributed by atoms with van der Waals surface area (Å²) in [7, 11) is 4.34. The molecule has 0 atom stereocenters. The number of nitrogens with one attached hydrogen (secondary N) is 1. The highest BCUT2D eigenvalue weighted by Crippen LogP contribution is 2.24. The average molecular weight is 349 g/mol. The smallest absolute Gasteiger partial charge is 0.223 e. The van der Waals surface area contributed by atoms with Crippen molar-refractivity contribution in [2.24, 2.45) is 0 Å². The van der Waals surface area contributed by atoms with Crippen molar-refractivity contribution in [3.05, 3.63) is 28.9 Å². The van der Waals surface area contributed by atoms with Gasteiger partial charge in [-0.05, 0) is 58.0 Å². The maximum Gasteiger partial charge on any atom is 0.223 e. The van der Waals surface area contributed by atoms with Gasteiger partial charge in [-0.2, -0.15) is 0 Å². The lowest BCUT2D eigenvalue weighted by Gasteiger charge is -2.32. The molecule has 0 aliphatic heterocycles. The number of halogens is 1. The first-order valence-electron chi connectivity index (χ1n) is 7.47. The van der Waals surface area contributed by atoms with Crippen LogP contribution in [0.1, 0.15) is 25.7 Å². The Balaban J connectivity index is 1.67. The van der Waals surface area contributed by atoms with E-state index in [0.29, 0.717) is 6.04 Å². The summed E-state index contributed by atoms with van der Waals surface area (Å²) < 4.78 is 1.06. The third-order valence-corrected chi connectivity index (χ3v) is 4.80. The van der Waals surface area contributed by atoms with Gasteiger partial charge >= 0.3 is 0 Å². The summed E-state index contributed by atoms with van der Waals surface area (Å²) in [5.41, 5.74) is 0.984. The summed E-state index contributed by atoms with van der Waals surface area (Å²) in [5, 5.41) is 4.56. The van der Waals surface area contributed by atoms with Crippen LogP contribution < -0.4 is 5.32 Å². The molecule has 1 aliphatic rings. The monoisotopic (exact) mass is 348 g/mol. The molecule has 0 saturated heterocycles. The van der Waals surface area contributed by atoms with Gasteiger partial charge in [0, 0.05) is 28.1 Å². The largest absolute Gasteiger partial charge is 0.351 e. The van der Waals surface area contributed by atoms with Crippen LogP contribution in [0, 0.1) is 0 Å². The minimum absolute atomic E-state index is 0.495. The highest BCUT2D eigenvalue weighted by atomic mass is 79.9. The first kappa shape index (κ1) is 14.7. The quantitative estimate of drug-likeness (QED) is 0.918. The molecule has 2 aromatic rings. The second-order valence-corrected chi connectivity index (χ2v) is 6.93. The molecule has 1 heterocycles.